The number of rotatable bonds is 2. The van der Waals surface area contributed by atoms with Crippen LogP contribution < -0.4 is 5.32 Å². The first-order chi connectivity index (χ1) is 9.10. The summed E-state index contributed by atoms with van der Waals surface area (Å²) < 4.78 is 5.57. The van der Waals surface area contributed by atoms with Gasteiger partial charge < -0.3 is 15.0 Å². The van der Waals surface area contributed by atoms with Crippen LogP contribution in [0, 0.1) is 5.92 Å². The lowest BCUT2D eigenvalue weighted by atomic mass is 9.91. The number of nitrogens with zero attached hydrogens (tertiary/aromatic N) is 1. The lowest BCUT2D eigenvalue weighted by Crippen LogP contribution is -2.58. The third-order valence-corrected chi connectivity index (χ3v) is 4.57. The van der Waals surface area contributed by atoms with Crippen molar-refractivity contribution in [2.75, 3.05) is 19.8 Å². The van der Waals surface area contributed by atoms with Crippen molar-refractivity contribution in [1.29, 1.82) is 0 Å². The predicted octanol–water partition coefficient (Wildman–Crippen LogP) is 0.683. The van der Waals surface area contributed by atoms with Gasteiger partial charge in [-0.2, -0.15) is 0 Å². The first-order valence-electron chi connectivity index (χ1n) is 7.29. The van der Waals surface area contributed by atoms with Gasteiger partial charge in [0.2, 0.25) is 11.8 Å². The maximum atomic E-state index is 12.7. The fourth-order valence-electron chi connectivity index (χ4n) is 3.22. The van der Waals surface area contributed by atoms with Crippen LogP contribution in [0.1, 0.15) is 39.0 Å². The van der Waals surface area contributed by atoms with E-state index in [4.69, 9.17) is 4.74 Å². The number of carbonyl (C=O) groups is 2. The topological polar surface area (TPSA) is 58.6 Å². The Morgan fingerprint density at radius 1 is 1.37 bits per heavy atom. The Labute approximate surface area is 113 Å². The molecule has 2 heterocycles. The molecule has 5 nitrogen and oxygen atoms in total. The van der Waals surface area contributed by atoms with Crippen LogP contribution in [-0.2, 0) is 14.3 Å². The Morgan fingerprint density at radius 3 is 2.79 bits per heavy atom. The van der Waals surface area contributed by atoms with E-state index in [1.54, 1.807) is 0 Å². The quantitative estimate of drug-likeness (QED) is 0.799. The van der Waals surface area contributed by atoms with Gasteiger partial charge in [0, 0.05) is 19.6 Å². The summed E-state index contributed by atoms with van der Waals surface area (Å²) in [6.07, 6.45) is 4.46. The minimum absolute atomic E-state index is 0.00748. The van der Waals surface area contributed by atoms with Crippen molar-refractivity contribution in [3.05, 3.63) is 0 Å². The van der Waals surface area contributed by atoms with Crippen LogP contribution in [0.3, 0.4) is 0 Å². The number of ether oxygens (including phenoxy) is 1. The zero-order valence-corrected chi connectivity index (χ0v) is 11.5. The Kier molecular flexibility index (Phi) is 3.25. The molecule has 1 saturated carbocycles. The van der Waals surface area contributed by atoms with Crippen LogP contribution in [0.25, 0.3) is 0 Å². The molecule has 0 aromatic heterocycles. The number of amides is 2. The van der Waals surface area contributed by atoms with Gasteiger partial charge in [0.15, 0.2) is 0 Å². The molecule has 3 rings (SSSR count). The Balaban J connectivity index is 1.82. The van der Waals surface area contributed by atoms with E-state index in [1.807, 2.05) is 4.90 Å². The first kappa shape index (κ1) is 12.9. The highest BCUT2D eigenvalue weighted by Crippen LogP contribution is 2.36. The molecule has 2 unspecified atom stereocenters. The van der Waals surface area contributed by atoms with Crippen LogP contribution in [0.5, 0.6) is 0 Å². The maximum Gasteiger partial charge on any atom is 0.245 e. The standard InChI is InChI=1S/C14H22N2O3/c1-14(6-2-8-19-9-14)16-7-5-11(17)15-12(13(16)18)10-3-4-10/h10,12H,2-9H2,1H3,(H,15,17). The van der Waals surface area contributed by atoms with E-state index in [1.165, 1.54) is 0 Å². The van der Waals surface area contributed by atoms with E-state index >= 15 is 0 Å². The van der Waals surface area contributed by atoms with Crippen molar-refractivity contribution < 1.29 is 14.3 Å². The van der Waals surface area contributed by atoms with Crippen molar-refractivity contribution in [3.63, 3.8) is 0 Å². The molecule has 3 fully saturated rings. The van der Waals surface area contributed by atoms with Gasteiger partial charge in [-0.3, -0.25) is 9.59 Å². The van der Waals surface area contributed by atoms with Crippen LogP contribution in [0.15, 0.2) is 0 Å². The van der Waals surface area contributed by atoms with Gasteiger partial charge in [-0.25, -0.2) is 0 Å². The fraction of sp³-hybridized carbons (Fsp3) is 0.857. The molecule has 5 heteroatoms. The minimum atomic E-state index is -0.297. The molecule has 2 amide bonds. The monoisotopic (exact) mass is 266 g/mol. The lowest BCUT2D eigenvalue weighted by Gasteiger charge is -2.44. The molecule has 2 saturated heterocycles. The van der Waals surface area contributed by atoms with Gasteiger partial charge in [0.1, 0.15) is 6.04 Å². The molecule has 19 heavy (non-hydrogen) atoms. The second-order valence-corrected chi connectivity index (χ2v) is 6.28. The van der Waals surface area contributed by atoms with Crippen LogP contribution >= 0.6 is 0 Å². The van der Waals surface area contributed by atoms with Gasteiger partial charge in [0.25, 0.3) is 0 Å². The molecule has 1 aliphatic carbocycles. The van der Waals surface area contributed by atoms with Crippen molar-refractivity contribution in [1.82, 2.24) is 10.2 Å². The predicted molar refractivity (Wildman–Crippen MR) is 69.4 cm³/mol. The van der Waals surface area contributed by atoms with Gasteiger partial charge >= 0.3 is 0 Å². The molecule has 2 atom stereocenters. The summed E-state index contributed by atoms with van der Waals surface area (Å²) in [5.74, 6) is 0.458. The number of carbonyl (C=O) groups excluding carboxylic acids is 2. The lowest BCUT2D eigenvalue weighted by molar-refractivity contribution is -0.144. The van der Waals surface area contributed by atoms with E-state index in [0.717, 1.165) is 32.3 Å². The summed E-state index contributed by atoms with van der Waals surface area (Å²) >= 11 is 0. The molecule has 2 aliphatic heterocycles. The van der Waals surface area contributed by atoms with E-state index in [0.29, 0.717) is 25.5 Å². The van der Waals surface area contributed by atoms with Gasteiger partial charge in [0.05, 0.1) is 12.1 Å². The fourth-order valence-corrected chi connectivity index (χ4v) is 3.22. The summed E-state index contributed by atoms with van der Waals surface area (Å²) in [7, 11) is 0. The highest BCUT2D eigenvalue weighted by molar-refractivity contribution is 5.91. The number of hydrogen-bond donors (Lipinski definition) is 1. The average Bonchev–Trinajstić information content (AvgIpc) is 3.20. The largest absolute Gasteiger partial charge is 0.379 e. The van der Waals surface area contributed by atoms with Crippen LogP contribution in [0.2, 0.25) is 0 Å². The van der Waals surface area contributed by atoms with Crippen molar-refractivity contribution in [3.8, 4) is 0 Å². The molecule has 3 aliphatic rings. The molecule has 0 aromatic rings. The zero-order valence-electron chi connectivity index (χ0n) is 11.5. The molecule has 1 N–H and O–H groups in total. The van der Waals surface area contributed by atoms with E-state index in [2.05, 4.69) is 12.2 Å². The average molecular weight is 266 g/mol. The number of hydrogen-bond acceptors (Lipinski definition) is 3. The molecule has 0 radical (unpaired) electrons. The number of nitrogens with one attached hydrogen (secondary N) is 1. The first-order valence-corrected chi connectivity index (χ1v) is 7.29. The second kappa shape index (κ2) is 4.78. The van der Waals surface area contributed by atoms with Crippen molar-refractivity contribution >= 4 is 11.8 Å². The SMILES string of the molecule is CC1(N2CCC(=O)NC(C3CC3)C2=O)CCCOC1. The van der Waals surface area contributed by atoms with Gasteiger partial charge in [-0.1, -0.05) is 0 Å². The molecule has 0 bridgehead atoms. The van der Waals surface area contributed by atoms with Crippen molar-refractivity contribution in [2.45, 2.75) is 50.6 Å². The van der Waals surface area contributed by atoms with Crippen molar-refractivity contribution in [2.24, 2.45) is 5.92 Å². The summed E-state index contributed by atoms with van der Waals surface area (Å²) in [5.41, 5.74) is -0.241. The van der Waals surface area contributed by atoms with Gasteiger partial charge in [-0.05, 0) is 38.5 Å². The molecular weight excluding hydrogens is 244 g/mol. The minimum Gasteiger partial charge on any atom is -0.379 e. The smallest absolute Gasteiger partial charge is 0.245 e. The molecule has 0 aromatic carbocycles. The summed E-state index contributed by atoms with van der Waals surface area (Å²) in [6.45, 7) is 3.97. The molecule has 0 spiro atoms. The zero-order chi connectivity index (χ0) is 13.5. The summed E-state index contributed by atoms with van der Waals surface area (Å²) in [5, 5.41) is 2.91. The highest BCUT2D eigenvalue weighted by Gasteiger charge is 2.46. The Hall–Kier alpha value is -1.10. The van der Waals surface area contributed by atoms with E-state index in [-0.39, 0.29) is 23.4 Å². The van der Waals surface area contributed by atoms with Crippen LogP contribution in [-0.4, -0.2) is 48.1 Å². The van der Waals surface area contributed by atoms with Crippen LogP contribution in [0.4, 0.5) is 0 Å². The maximum absolute atomic E-state index is 12.7. The molecule has 106 valence electrons. The molecular formula is C14H22N2O3. The highest BCUT2D eigenvalue weighted by atomic mass is 16.5. The van der Waals surface area contributed by atoms with E-state index < -0.39 is 0 Å². The third kappa shape index (κ3) is 2.48. The Bertz CT molecular complexity index is 386. The third-order valence-electron chi connectivity index (χ3n) is 4.57. The summed E-state index contributed by atoms with van der Waals surface area (Å²) in [4.78, 5) is 26.4. The van der Waals surface area contributed by atoms with E-state index in [9.17, 15) is 9.59 Å². The van der Waals surface area contributed by atoms with Gasteiger partial charge in [-0.15, -0.1) is 0 Å². The second-order valence-electron chi connectivity index (χ2n) is 6.28. The Morgan fingerprint density at radius 2 is 2.16 bits per heavy atom. The normalized spacial score (nSPS) is 36.9. The summed E-state index contributed by atoms with van der Waals surface area (Å²) in [6, 6.07) is -0.297.